The fourth-order valence-electron chi connectivity index (χ4n) is 6.44. The molecule has 0 radical (unpaired) electrons. The van der Waals surface area contributed by atoms with Gasteiger partial charge in [-0.3, -0.25) is 33.6 Å². The van der Waals surface area contributed by atoms with Crippen molar-refractivity contribution in [3.63, 3.8) is 0 Å². The first-order valence-electron chi connectivity index (χ1n) is 19.1. The summed E-state index contributed by atoms with van der Waals surface area (Å²) >= 11 is 0. The number of nitrogens with two attached hydrogens (primary N) is 1. The molecule has 4 atom stereocenters. The van der Waals surface area contributed by atoms with Gasteiger partial charge in [-0.1, -0.05) is 80.4 Å². The number of hydrogen-bond acceptors (Lipinski definition) is 8. The lowest BCUT2D eigenvalue weighted by Crippen LogP contribution is -2.58. The van der Waals surface area contributed by atoms with Crippen LogP contribution in [0, 0.1) is 0 Å². The van der Waals surface area contributed by atoms with Crippen molar-refractivity contribution in [2.75, 3.05) is 13.6 Å². The zero-order valence-electron chi connectivity index (χ0n) is 32.5. The third kappa shape index (κ3) is 13.2. The van der Waals surface area contributed by atoms with E-state index in [1.165, 1.54) is 19.2 Å². The van der Waals surface area contributed by atoms with E-state index in [1.54, 1.807) is 54.7 Å². The van der Waals surface area contributed by atoms with E-state index in [-0.39, 0.29) is 30.9 Å². The van der Waals surface area contributed by atoms with Gasteiger partial charge in [-0.05, 0) is 47.7 Å². The van der Waals surface area contributed by atoms with Gasteiger partial charge in [-0.25, -0.2) is 0 Å². The van der Waals surface area contributed by atoms with E-state index in [9.17, 15) is 43.8 Å². The molecule has 0 fully saturated rings. The molecule has 9 N–H and O–H groups in total. The molecular weight excluding hydrogens is 747 g/mol. The number of fused-ring (bicyclic) bond motifs is 1. The third-order valence-corrected chi connectivity index (χ3v) is 9.66. The molecule has 308 valence electrons. The number of nitrogens with one attached hydrogen (secondary N) is 5. The Labute approximate surface area is 335 Å². The monoisotopic (exact) mass is 797 g/mol. The standard InChI is InChI=1S/C42H51N7O9/c1-3-4-13-32(46-36(51)20-17-26-15-18-29(50)19-16-26)40(56)45-25-37(52)47-33(22-28-24-44-31-14-9-8-12-30(28)31)41(57)48-34(23-38(53)54)42(58)49(2)35(39(43)55)21-27-10-6-5-7-11-27/h5-12,14-16,18-19,24,32-35,44,50H,3-4,13,17,20-23,25H2,1-2H3,(H2,43,55)(H,45,56)(H,46,51)(H,47,52)(H,48,57)(H,53,54)/t32-,33-,34-,35-/m0/s1. The summed E-state index contributed by atoms with van der Waals surface area (Å²) in [6.07, 6.45) is 2.92. The minimum atomic E-state index is -1.65. The van der Waals surface area contributed by atoms with Crippen LogP contribution in [0.1, 0.15) is 55.7 Å². The Balaban J connectivity index is 1.48. The second kappa shape index (κ2) is 21.6. The molecule has 0 spiro atoms. The number of aromatic amines is 1. The summed E-state index contributed by atoms with van der Waals surface area (Å²) in [7, 11) is 1.29. The lowest BCUT2D eigenvalue weighted by Gasteiger charge is -2.30. The molecule has 0 aliphatic rings. The number of benzene rings is 3. The highest BCUT2D eigenvalue weighted by Crippen LogP contribution is 2.20. The van der Waals surface area contributed by atoms with Crippen molar-refractivity contribution >= 4 is 52.3 Å². The number of aromatic hydroxyl groups is 1. The Morgan fingerprint density at radius 2 is 1.45 bits per heavy atom. The first kappa shape index (κ1) is 44.0. The number of carbonyl (C=O) groups excluding carboxylic acids is 6. The van der Waals surface area contributed by atoms with Crippen LogP contribution in [0.4, 0.5) is 0 Å². The lowest BCUT2D eigenvalue weighted by atomic mass is 10.0. The van der Waals surface area contributed by atoms with Crippen molar-refractivity contribution in [1.82, 2.24) is 31.2 Å². The molecule has 1 aromatic heterocycles. The van der Waals surface area contributed by atoms with E-state index in [2.05, 4.69) is 26.3 Å². The van der Waals surface area contributed by atoms with Gasteiger partial charge < -0.3 is 47.1 Å². The molecule has 1 heterocycles. The van der Waals surface area contributed by atoms with Crippen molar-refractivity contribution in [3.05, 3.63) is 102 Å². The highest BCUT2D eigenvalue weighted by molar-refractivity contribution is 5.97. The first-order valence-corrected chi connectivity index (χ1v) is 19.1. The molecule has 4 aromatic rings. The lowest BCUT2D eigenvalue weighted by molar-refractivity contribution is -0.145. The number of aryl methyl sites for hydroxylation is 1. The van der Waals surface area contributed by atoms with E-state index in [1.807, 2.05) is 25.1 Å². The van der Waals surface area contributed by atoms with Gasteiger partial charge in [0.25, 0.3) is 0 Å². The second-order valence-electron chi connectivity index (χ2n) is 14.0. The maximum atomic E-state index is 14.0. The van der Waals surface area contributed by atoms with Gasteiger partial charge in [0.15, 0.2) is 0 Å². The number of carboxylic acids is 1. The fourth-order valence-corrected chi connectivity index (χ4v) is 6.44. The molecule has 0 saturated heterocycles. The van der Waals surface area contributed by atoms with Crippen molar-refractivity contribution < 1.29 is 43.8 Å². The summed E-state index contributed by atoms with van der Waals surface area (Å²) in [5.41, 5.74) is 8.57. The third-order valence-electron chi connectivity index (χ3n) is 9.66. The summed E-state index contributed by atoms with van der Waals surface area (Å²) < 4.78 is 0. The van der Waals surface area contributed by atoms with E-state index in [0.29, 0.717) is 30.4 Å². The number of likely N-dealkylation sites (N-methyl/N-ethyl adjacent to an activating group) is 1. The Morgan fingerprint density at radius 3 is 2.12 bits per heavy atom. The number of rotatable bonds is 22. The van der Waals surface area contributed by atoms with Crippen molar-refractivity contribution in [1.29, 1.82) is 0 Å². The number of unbranched alkanes of at least 4 members (excludes halogenated alkanes) is 1. The van der Waals surface area contributed by atoms with Crippen LogP contribution >= 0.6 is 0 Å². The summed E-state index contributed by atoms with van der Waals surface area (Å²) in [5.74, 6) is -5.66. The zero-order valence-corrected chi connectivity index (χ0v) is 32.5. The quantitative estimate of drug-likeness (QED) is 0.0577. The Bertz CT molecular complexity index is 2050. The number of phenols is 1. The number of hydrogen-bond donors (Lipinski definition) is 8. The topological polar surface area (TPSA) is 253 Å². The SMILES string of the molecule is CCCC[C@H](NC(=O)CCc1ccc(O)cc1)C(=O)NCC(=O)N[C@@H](Cc1c[nH]c2ccccc12)C(=O)N[C@@H](CC(=O)O)C(=O)N(C)[C@@H](Cc1ccccc1)C(N)=O. The Morgan fingerprint density at radius 1 is 0.776 bits per heavy atom. The van der Waals surface area contributed by atoms with Crippen molar-refractivity contribution in [2.45, 2.75) is 82.5 Å². The van der Waals surface area contributed by atoms with E-state index < -0.39 is 72.6 Å². The predicted octanol–water partition coefficient (Wildman–Crippen LogP) is 1.84. The highest BCUT2D eigenvalue weighted by Gasteiger charge is 2.35. The average Bonchev–Trinajstić information content (AvgIpc) is 3.61. The first-order chi connectivity index (χ1) is 27.7. The number of H-pyrrole nitrogens is 1. The number of phenolic OH excluding ortho intramolecular Hbond substituents is 1. The molecule has 4 rings (SSSR count). The Hall–Kier alpha value is -6.71. The summed E-state index contributed by atoms with van der Waals surface area (Å²) in [6, 6.07) is 17.4. The fraction of sp³-hybridized carbons (Fsp3) is 0.357. The maximum Gasteiger partial charge on any atom is 0.305 e. The molecule has 16 nitrogen and oxygen atoms in total. The van der Waals surface area contributed by atoms with Gasteiger partial charge in [-0.2, -0.15) is 0 Å². The molecule has 0 bridgehead atoms. The van der Waals surface area contributed by atoms with Crippen LogP contribution in [0.25, 0.3) is 10.9 Å². The number of carbonyl (C=O) groups is 7. The normalized spacial score (nSPS) is 13.0. The van der Waals surface area contributed by atoms with E-state index in [0.717, 1.165) is 27.8 Å². The molecule has 0 aliphatic carbocycles. The maximum absolute atomic E-state index is 14.0. The molecule has 3 aromatic carbocycles. The van der Waals surface area contributed by atoms with Crippen LogP contribution in [-0.4, -0.2) is 99.3 Å². The average molecular weight is 798 g/mol. The van der Waals surface area contributed by atoms with Crippen LogP contribution in [0.3, 0.4) is 0 Å². The van der Waals surface area contributed by atoms with Crippen LogP contribution in [-0.2, 0) is 52.8 Å². The summed E-state index contributed by atoms with van der Waals surface area (Å²) in [4.78, 5) is 95.8. The van der Waals surface area contributed by atoms with Crippen LogP contribution in [0.5, 0.6) is 5.75 Å². The minimum absolute atomic E-state index is 0.0416. The zero-order chi connectivity index (χ0) is 42.2. The van der Waals surface area contributed by atoms with E-state index in [4.69, 9.17) is 5.73 Å². The van der Waals surface area contributed by atoms with Gasteiger partial charge >= 0.3 is 5.97 Å². The second-order valence-corrected chi connectivity index (χ2v) is 14.0. The van der Waals surface area contributed by atoms with Gasteiger partial charge in [0.05, 0.1) is 13.0 Å². The molecule has 58 heavy (non-hydrogen) atoms. The van der Waals surface area contributed by atoms with Gasteiger partial charge in [-0.15, -0.1) is 0 Å². The number of primary amides is 1. The highest BCUT2D eigenvalue weighted by atomic mass is 16.4. The number of aliphatic carboxylic acids is 1. The molecule has 6 amide bonds. The van der Waals surface area contributed by atoms with Gasteiger partial charge in [0.1, 0.15) is 29.9 Å². The molecule has 16 heteroatoms. The summed E-state index contributed by atoms with van der Waals surface area (Å²) in [5, 5.41) is 30.3. The number of aromatic nitrogens is 1. The van der Waals surface area contributed by atoms with Crippen molar-refractivity contribution in [2.24, 2.45) is 5.73 Å². The Kier molecular flexibility index (Phi) is 16.4. The van der Waals surface area contributed by atoms with Crippen LogP contribution in [0.2, 0.25) is 0 Å². The van der Waals surface area contributed by atoms with Gasteiger partial charge in [0, 0.05) is 43.4 Å². The molecule has 0 aliphatic heterocycles. The number of amides is 6. The van der Waals surface area contributed by atoms with Crippen LogP contribution < -0.4 is 27.0 Å². The largest absolute Gasteiger partial charge is 0.508 e. The molecule has 0 saturated carbocycles. The number of para-hydroxylation sites is 1. The number of carboxylic acid groups (broad SMARTS) is 1. The molecule has 0 unspecified atom stereocenters. The van der Waals surface area contributed by atoms with Crippen molar-refractivity contribution in [3.8, 4) is 5.75 Å². The predicted molar refractivity (Wildman–Crippen MR) is 215 cm³/mol. The van der Waals surface area contributed by atoms with Gasteiger partial charge in [0.2, 0.25) is 35.4 Å². The smallest absolute Gasteiger partial charge is 0.305 e. The van der Waals surface area contributed by atoms with E-state index >= 15 is 0 Å². The van der Waals surface area contributed by atoms with Crippen LogP contribution in [0.15, 0.2) is 85.1 Å². The molecular formula is C42H51N7O9. The minimum Gasteiger partial charge on any atom is -0.508 e. The summed E-state index contributed by atoms with van der Waals surface area (Å²) in [6.45, 7) is 1.36. The number of nitrogens with zero attached hydrogens (tertiary/aromatic N) is 1.